The van der Waals surface area contributed by atoms with Gasteiger partial charge in [0, 0.05) is 13.2 Å². The summed E-state index contributed by atoms with van der Waals surface area (Å²) >= 11 is 5.81. The van der Waals surface area contributed by atoms with Crippen molar-refractivity contribution in [2.24, 2.45) is 5.41 Å². The third kappa shape index (κ3) is 2.82. The minimum absolute atomic E-state index is 0.00213. The molecule has 1 aromatic rings. The number of hydrogen-bond acceptors (Lipinski definition) is 2. The summed E-state index contributed by atoms with van der Waals surface area (Å²) in [5, 5.41) is 11.7. The van der Waals surface area contributed by atoms with Crippen LogP contribution >= 0.6 is 11.6 Å². The average Bonchev–Trinajstić information content (AvgIpc) is 3.07. The van der Waals surface area contributed by atoms with Gasteiger partial charge >= 0.3 is 0 Å². The van der Waals surface area contributed by atoms with Gasteiger partial charge < -0.3 is 10.4 Å². The standard InChI is InChI=1S/C13H15ClFNO2/c14-9-2-1-3-10(15)11(9)12(18)16-8-13(4-5-13)6-7-17/h1-3,17H,4-8H2,(H,16,18). The minimum Gasteiger partial charge on any atom is -0.396 e. The van der Waals surface area contributed by atoms with Gasteiger partial charge in [-0.1, -0.05) is 17.7 Å². The molecule has 98 valence electrons. The Morgan fingerprint density at radius 2 is 2.22 bits per heavy atom. The molecular weight excluding hydrogens is 257 g/mol. The first-order valence-corrected chi connectivity index (χ1v) is 6.29. The zero-order valence-corrected chi connectivity index (χ0v) is 10.6. The van der Waals surface area contributed by atoms with Crippen LogP contribution in [-0.4, -0.2) is 24.2 Å². The molecule has 0 unspecified atom stereocenters. The third-order valence-electron chi connectivity index (χ3n) is 3.41. The van der Waals surface area contributed by atoms with Crippen LogP contribution in [0.3, 0.4) is 0 Å². The number of benzene rings is 1. The highest BCUT2D eigenvalue weighted by molar-refractivity contribution is 6.33. The Balaban J connectivity index is 2.00. The summed E-state index contributed by atoms with van der Waals surface area (Å²) in [6, 6.07) is 4.16. The van der Waals surface area contributed by atoms with Gasteiger partial charge in [-0.15, -0.1) is 0 Å². The molecule has 1 aliphatic carbocycles. The van der Waals surface area contributed by atoms with E-state index < -0.39 is 11.7 Å². The Bertz CT molecular complexity index is 440. The predicted octanol–water partition coefficient (Wildman–Crippen LogP) is 2.37. The van der Waals surface area contributed by atoms with Crippen LogP contribution in [0.15, 0.2) is 18.2 Å². The smallest absolute Gasteiger partial charge is 0.255 e. The van der Waals surface area contributed by atoms with Crippen LogP contribution in [0.4, 0.5) is 4.39 Å². The van der Waals surface area contributed by atoms with Gasteiger partial charge in [0.2, 0.25) is 0 Å². The van der Waals surface area contributed by atoms with Gasteiger partial charge in [0.15, 0.2) is 0 Å². The lowest BCUT2D eigenvalue weighted by Gasteiger charge is -2.15. The number of hydrogen-bond donors (Lipinski definition) is 2. The van der Waals surface area contributed by atoms with Gasteiger partial charge in [0.05, 0.1) is 10.6 Å². The van der Waals surface area contributed by atoms with Gasteiger partial charge in [-0.05, 0) is 36.8 Å². The summed E-state index contributed by atoms with van der Waals surface area (Å²) in [6.45, 7) is 0.563. The number of rotatable bonds is 5. The molecule has 0 bridgehead atoms. The molecule has 5 heteroatoms. The summed E-state index contributed by atoms with van der Waals surface area (Å²) in [7, 11) is 0. The third-order valence-corrected chi connectivity index (χ3v) is 3.73. The molecule has 1 amide bonds. The maximum atomic E-state index is 13.5. The zero-order chi connectivity index (χ0) is 13.2. The maximum Gasteiger partial charge on any atom is 0.255 e. The molecule has 1 saturated carbocycles. The molecule has 1 aromatic carbocycles. The first-order chi connectivity index (χ1) is 8.58. The molecule has 0 aliphatic heterocycles. The van der Waals surface area contributed by atoms with E-state index in [-0.39, 0.29) is 22.6 Å². The molecule has 0 atom stereocenters. The van der Waals surface area contributed by atoms with E-state index in [0.29, 0.717) is 13.0 Å². The highest BCUT2D eigenvalue weighted by atomic mass is 35.5. The Morgan fingerprint density at radius 1 is 1.50 bits per heavy atom. The maximum absolute atomic E-state index is 13.5. The van der Waals surface area contributed by atoms with Crippen LogP contribution in [-0.2, 0) is 0 Å². The second-order valence-electron chi connectivity index (χ2n) is 4.75. The molecular formula is C13H15ClFNO2. The van der Waals surface area contributed by atoms with Crippen LogP contribution in [0, 0.1) is 11.2 Å². The Hall–Kier alpha value is -1.13. The van der Waals surface area contributed by atoms with Crippen molar-refractivity contribution >= 4 is 17.5 Å². The van der Waals surface area contributed by atoms with Crippen molar-refractivity contribution in [2.45, 2.75) is 19.3 Å². The number of nitrogens with one attached hydrogen (secondary N) is 1. The summed E-state index contributed by atoms with van der Waals surface area (Å²) in [4.78, 5) is 11.9. The Kier molecular flexibility index (Phi) is 3.88. The van der Waals surface area contributed by atoms with Gasteiger partial charge in [-0.25, -0.2) is 4.39 Å². The quantitative estimate of drug-likeness (QED) is 0.864. The molecule has 1 aliphatic rings. The first kappa shape index (κ1) is 13.3. The summed E-state index contributed by atoms with van der Waals surface area (Å²) in [5.74, 6) is -1.12. The van der Waals surface area contributed by atoms with Crippen molar-refractivity contribution in [1.82, 2.24) is 5.32 Å². The topological polar surface area (TPSA) is 49.3 Å². The molecule has 3 nitrogen and oxygen atoms in total. The number of aliphatic hydroxyl groups is 1. The molecule has 2 N–H and O–H groups in total. The molecule has 18 heavy (non-hydrogen) atoms. The van der Waals surface area contributed by atoms with Gasteiger partial charge in [-0.3, -0.25) is 4.79 Å². The first-order valence-electron chi connectivity index (χ1n) is 5.91. The number of carbonyl (C=O) groups is 1. The SMILES string of the molecule is O=C(NCC1(CCO)CC1)c1c(F)cccc1Cl. The van der Waals surface area contributed by atoms with Crippen molar-refractivity contribution in [3.8, 4) is 0 Å². The lowest BCUT2D eigenvalue weighted by atomic mass is 10.0. The second-order valence-corrected chi connectivity index (χ2v) is 5.16. The van der Waals surface area contributed by atoms with Crippen LogP contribution in [0.1, 0.15) is 29.6 Å². The van der Waals surface area contributed by atoms with Gasteiger partial charge in [0.25, 0.3) is 5.91 Å². The average molecular weight is 272 g/mol. The van der Waals surface area contributed by atoms with Gasteiger partial charge in [0.1, 0.15) is 5.82 Å². The minimum atomic E-state index is -0.619. The largest absolute Gasteiger partial charge is 0.396 e. The number of carbonyl (C=O) groups excluding carboxylic acids is 1. The molecule has 0 radical (unpaired) electrons. The highest BCUT2D eigenvalue weighted by Crippen LogP contribution is 2.47. The molecule has 0 heterocycles. The fourth-order valence-corrected chi connectivity index (χ4v) is 2.25. The van der Waals surface area contributed by atoms with E-state index in [1.807, 2.05) is 0 Å². The highest BCUT2D eigenvalue weighted by Gasteiger charge is 2.42. The molecule has 0 saturated heterocycles. The van der Waals surface area contributed by atoms with Crippen molar-refractivity contribution < 1.29 is 14.3 Å². The van der Waals surface area contributed by atoms with Crippen molar-refractivity contribution in [2.75, 3.05) is 13.2 Å². The summed E-state index contributed by atoms with van der Waals surface area (Å²) in [6.07, 6.45) is 2.63. The fraction of sp³-hybridized carbons (Fsp3) is 0.462. The Morgan fingerprint density at radius 3 is 2.78 bits per heavy atom. The molecule has 2 rings (SSSR count). The number of aliphatic hydroxyl groups excluding tert-OH is 1. The van der Waals surface area contributed by atoms with E-state index in [2.05, 4.69) is 5.32 Å². The van der Waals surface area contributed by atoms with E-state index in [1.54, 1.807) is 0 Å². The zero-order valence-electron chi connectivity index (χ0n) is 9.88. The van der Waals surface area contributed by atoms with Gasteiger partial charge in [-0.2, -0.15) is 0 Å². The summed E-state index contributed by atoms with van der Waals surface area (Å²) < 4.78 is 13.5. The van der Waals surface area contributed by atoms with Crippen LogP contribution in [0.5, 0.6) is 0 Å². The second kappa shape index (κ2) is 5.24. The number of halogens is 2. The van der Waals surface area contributed by atoms with E-state index in [9.17, 15) is 9.18 Å². The van der Waals surface area contributed by atoms with E-state index in [1.165, 1.54) is 18.2 Å². The molecule has 0 spiro atoms. The Labute approximate surface area is 110 Å². The normalized spacial score (nSPS) is 16.4. The van der Waals surface area contributed by atoms with Crippen molar-refractivity contribution in [1.29, 1.82) is 0 Å². The van der Waals surface area contributed by atoms with Crippen LogP contribution in [0.25, 0.3) is 0 Å². The van der Waals surface area contributed by atoms with Crippen LogP contribution < -0.4 is 5.32 Å². The molecule has 1 fully saturated rings. The van der Waals surface area contributed by atoms with E-state index in [0.717, 1.165) is 12.8 Å². The van der Waals surface area contributed by atoms with E-state index in [4.69, 9.17) is 16.7 Å². The van der Waals surface area contributed by atoms with Crippen molar-refractivity contribution in [3.05, 3.63) is 34.6 Å². The van der Waals surface area contributed by atoms with Crippen molar-refractivity contribution in [3.63, 3.8) is 0 Å². The fourth-order valence-electron chi connectivity index (χ4n) is 2.00. The van der Waals surface area contributed by atoms with Crippen LogP contribution in [0.2, 0.25) is 5.02 Å². The number of amides is 1. The summed E-state index contributed by atoms with van der Waals surface area (Å²) in [5.41, 5.74) is -0.110. The monoisotopic (exact) mass is 271 g/mol. The predicted molar refractivity (Wildman–Crippen MR) is 67.1 cm³/mol. The lowest BCUT2D eigenvalue weighted by molar-refractivity contribution is 0.0937. The van der Waals surface area contributed by atoms with E-state index >= 15 is 0 Å². The lowest BCUT2D eigenvalue weighted by Crippen LogP contribution is -2.31. The molecule has 0 aromatic heterocycles.